The topological polar surface area (TPSA) is 88.5 Å². The minimum Gasteiger partial charge on any atom is -0.427 e. The van der Waals surface area contributed by atoms with Gasteiger partial charge in [0.1, 0.15) is 0 Å². The van der Waals surface area contributed by atoms with E-state index in [1.54, 1.807) is 40.8 Å². The minimum absolute atomic E-state index is 0.0103. The quantitative estimate of drug-likeness (QED) is 0.736. The lowest BCUT2D eigenvalue weighted by atomic mass is 9.83. The van der Waals surface area contributed by atoms with E-state index in [0.29, 0.717) is 11.2 Å². The summed E-state index contributed by atoms with van der Waals surface area (Å²) in [4.78, 5) is 3.96. The van der Waals surface area contributed by atoms with Gasteiger partial charge in [-0.05, 0) is 39.2 Å². The average molecular weight is 313 g/mol. The SMILES string of the molecule is CNc1cc([B]OC(C)(C)C(C)(C)O)cnc1S(C)(=O)=O. The molecule has 1 rings (SSSR count). The van der Waals surface area contributed by atoms with Gasteiger partial charge >= 0.3 is 7.48 Å². The van der Waals surface area contributed by atoms with Gasteiger partial charge in [0.25, 0.3) is 0 Å². The molecule has 0 amide bonds. The van der Waals surface area contributed by atoms with Crippen LogP contribution >= 0.6 is 0 Å². The predicted octanol–water partition coefficient (Wildman–Crippen LogP) is 0.337. The Balaban J connectivity index is 2.98. The highest BCUT2D eigenvalue weighted by atomic mass is 32.2. The van der Waals surface area contributed by atoms with Gasteiger partial charge in [-0.2, -0.15) is 0 Å². The Hall–Kier alpha value is -1.12. The van der Waals surface area contributed by atoms with Gasteiger partial charge in [-0.15, -0.1) is 0 Å². The van der Waals surface area contributed by atoms with Crippen molar-refractivity contribution in [3.63, 3.8) is 0 Å². The van der Waals surface area contributed by atoms with E-state index >= 15 is 0 Å². The number of hydrogen-bond acceptors (Lipinski definition) is 6. The highest BCUT2D eigenvalue weighted by Gasteiger charge is 2.35. The number of nitrogens with one attached hydrogen (secondary N) is 1. The standard InChI is InChI=1S/C13H22BN2O4S/c1-12(2,17)13(3,4)20-14-9-7-10(15-5)11(16-8-9)21(6,18)19/h7-8,15,17H,1-6H3. The van der Waals surface area contributed by atoms with Crippen LogP contribution in [-0.4, -0.2) is 50.5 Å². The van der Waals surface area contributed by atoms with Crippen LogP contribution in [0.1, 0.15) is 27.7 Å². The first-order chi connectivity index (χ1) is 9.38. The number of aromatic nitrogens is 1. The number of nitrogens with zero attached hydrogens (tertiary/aromatic N) is 1. The van der Waals surface area contributed by atoms with Gasteiger partial charge in [0.2, 0.25) is 0 Å². The summed E-state index contributed by atoms with van der Waals surface area (Å²) in [7, 11) is -0.319. The van der Waals surface area contributed by atoms with Gasteiger partial charge < -0.3 is 15.1 Å². The molecule has 0 spiro atoms. The van der Waals surface area contributed by atoms with Crippen LogP contribution in [0.5, 0.6) is 0 Å². The van der Waals surface area contributed by atoms with Crippen LogP contribution in [0.15, 0.2) is 17.3 Å². The monoisotopic (exact) mass is 313 g/mol. The molecule has 1 radical (unpaired) electrons. The Morgan fingerprint density at radius 2 is 1.90 bits per heavy atom. The lowest BCUT2D eigenvalue weighted by Gasteiger charge is -2.37. The van der Waals surface area contributed by atoms with Crippen LogP contribution in [-0.2, 0) is 14.5 Å². The van der Waals surface area contributed by atoms with E-state index in [2.05, 4.69) is 10.3 Å². The molecule has 1 aromatic heterocycles. The summed E-state index contributed by atoms with van der Waals surface area (Å²) in [5, 5.41) is 12.8. The summed E-state index contributed by atoms with van der Waals surface area (Å²) in [6.45, 7) is 6.84. The molecule has 0 bridgehead atoms. The van der Waals surface area contributed by atoms with Crippen LogP contribution in [0, 0.1) is 0 Å². The lowest BCUT2D eigenvalue weighted by Crippen LogP contribution is -2.49. The third-order valence-corrected chi connectivity index (χ3v) is 4.48. The zero-order valence-corrected chi connectivity index (χ0v) is 14.1. The number of rotatable bonds is 6. The Bertz CT molecular complexity index is 609. The third-order valence-electron chi connectivity index (χ3n) is 3.46. The fourth-order valence-corrected chi connectivity index (χ4v) is 2.17. The van der Waals surface area contributed by atoms with Gasteiger partial charge in [-0.3, -0.25) is 0 Å². The molecule has 8 heteroatoms. The molecule has 0 aliphatic rings. The van der Waals surface area contributed by atoms with Gasteiger partial charge in [0.05, 0.1) is 16.9 Å². The van der Waals surface area contributed by atoms with Crippen molar-refractivity contribution in [3.8, 4) is 0 Å². The van der Waals surface area contributed by atoms with Crippen molar-refractivity contribution in [2.45, 2.75) is 43.9 Å². The van der Waals surface area contributed by atoms with Crippen LogP contribution in [0.2, 0.25) is 0 Å². The van der Waals surface area contributed by atoms with Crippen LogP contribution in [0.3, 0.4) is 0 Å². The van der Waals surface area contributed by atoms with Gasteiger partial charge in [0.15, 0.2) is 14.9 Å². The summed E-state index contributed by atoms with van der Waals surface area (Å²) in [5.41, 5.74) is -0.836. The molecule has 0 fully saturated rings. The molecule has 21 heavy (non-hydrogen) atoms. The van der Waals surface area contributed by atoms with Crippen molar-refractivity contribution < 1.29 is 18.2 Å². The molecule has 0 aromatic carbocycles. The van der Waals surface area contributed by atoms with Crippen LogP contribution in [0.25, 0.3) is 0 Å². The predicted molar refractivity (Wildman–Crippen MR) is 83.7 cm³/mol. The van der Waals surface area contributed by atoms with Gasteiger partial charge in [-0.1, -0.05) is 0 Å². The molecule has 0 saturated carbocycles. The van der Waals surface area contributed by atoms with E-state index in [0.717, 1.165) is 6.26 Å². The molecular weight excluding hydrogens is 291 g/mol. The number of pyridine rings is 1. The third kappa shape index (κ3) is 4.42. The Morgan fingerprint density at radius 1 is 1.33 bits per heavy atom. The molecular formula is C13H22BN2O4S. The molecule has 1 heterocycles. The average Bonchev–Trinajstić information content (AvgIpc) is 2.33. The highest BCUT2D eigenvalue weighted by molar-refractivity contribution is 7.90. The molecule has 0 saturated heterocycles. The molecule has 0 unspecified atom stereocenters. The van der Waals surface area contributed by atoms with Gasteiger partial charge in [0, 0.05) is 19.5 Å². The number of sulfone groups is 1. The smallest absolute Gasteiger partial charge is 0.332 e. The molecule has 1 aromatic rings. The minimum atomic E-state index is -3.40. The largest absolute Gasteiger partial charge is 0.427 e. The van der Waals surface area contributed by atoms with E-state index in [4.69, 9.17) is 4.65 Å². The maximum atomic E-state index is 11.6. The summed E-state index contributed by atoms with van der Waals surface area (Å²) >= 11 is 0. The number of hydrogen-bond donors (Lipinski definition) is 2. The molecule has 117 valence electrons. The number of aliphatic hydroxyl groups is 1. The molecule has 2 N–H and O–H groups in total. The second-order valence-electron chi connectivity index (χ2n) is 5.95. The highest BCUT2D eigenvalue weighted by Crippen LogP contribution is 2.24. The van der Waals surface area contributed by atoms with Crippen molar-refractivity contribution in [3.05, 3.63) is 12.3 Å². The summed E-state index contributed by atoms with van der Waals surface area (Å²) < 4.78 is 28.8. The van der Waals surface area contributed by atoms with E-state index in [1.165, 1.54) is 13.7 Å². The zero-order valence-electron chi connectivity index (χ0n) is 13.3. The van der Waals surface area contributed by atoms with Crippen molar-refractivity contribution >= 4 is 28.5 Å². The molecule has 0 aliphatic heterocycles. The fraction of sp³-hybridized carbons (Fsp3) is 0.615. The second-order valence-corrected chi connectivity index (χ2v) is 7.88. The first-order valence-corrected chi connectivity index (χ1v) is 8.39. The van der Waals surface area contributed by atoms with Crippen molar-refractivity contribution in [2.24, 2.45) is 0 Å². The van der Waals surface area contributed by atoms with Crippen molar-refractivity contribution in [1.82, 2.24) is 4.98 Å². The Kier molecular flexibility index (Phi) is 5.07. The number of anilines is 1. The van der Waals surface area contributed by atoms with Gasteiger partial charge in [-0.25, -0.2) is 13.4 Å². The fourth-order valence-electron chi connectivity index (χ4n) is 1.37. The summed E-state index contributed by atoms with van der Waals surface area (Å²) in [6, 6.07) is 1.63. The van der Waals surface area contributed by atoms with Crippen LogP contribution in [0.4, 0.5) is 5.69 Å². The molecule has 0 atom stereocenters. The molecule has 0 aliphatic carbocycles. The van der Waals surface area contributed by atoms with E-state index in [-0.39, 0.29) is 5.03 Å². The van der Waals surface area contributed by atoms with Crippen molar-refractivity contribution in [2.75, 3.05) is 18.6 Å². The van der Waals surface area contributed by atoms with Crippen LogP contribution < -0.4 is 10.8 Å². The lowest BCUT2D eigenvalue weighted by molar-refractivity contribution is -0.0893. The summed E-state index contributed by atoms with van der Waals surface area (Å²) in [6.07, 6.45) is 2.52. The zero-order chi connectivity index (χ0) is 16.5. The maximum absolute atomic E-state index is 11.6. The molecule has 6 nitrogen and oxygen atoms in total. The normalized spacial score (nSPS) is 13.1. The first kappa shape index (κ1) is 17.9. The summed E-state index contributed by atoms with van der Waals surface area (Å²) in [5.74, 6) is 0. The van der Waals surface area contributed by atoms with E-state index in [9.17, 15) is 13.5 Å². The Labute approximate surface area is 127 Å². The first-order valence-electron chi connectivity index (χ1n) is 6.50. The maximum Gasteiger partial charge on any atom is 0.332 e. The van der Waals surface area contributed by atoms with Crippen molar-refractivity contribution in [1.29, 1.82) is 0 Å². The Morgan fingerprint density at radius 3 is 2.33 bits per heavy atom. The second kappa shape index (κ2) is 5.94. The van der Waals surface area contributed by atoms with E-state index in [1.807, 2.05) is 0 Å². The van der Waals surface area contributed by atoms with E-state index < -0.39 is 21.0 Å².